The van der Waals surface area contributed by atoms with Crippen LogP contribution >= 0.6 is 11.6 Å². The standard InChI is InChI=1S/C19H23ClN4O/c1-13-11-14(2)23-19(22-13)24-9-7-16(8-10-24)18(25)21-12-15-3-5-17(20)6-4-15/h3-6,11,16H,7-10,12H2,1-2H3,(H,21,25). The zero-order valence-electron chi connectivity index (χ0n) is 14.6. The maximum absolute atomic E-state index is 12.4. The highest BCUT2D eigenvalue weighted by molar-refractivity contribution is 6.30. The van der Waals surface area contributed by atoms with Crippen molar-refractivity contribution in [3.05, 3.63) is 52.3 Å². The fourth-order valence-electron chi connectivity index (χ4n) is 3.13. The minimum absolute atomic E-state index is 0.0504. The van der Waals surface area contributed by atoms with E-state index in [0.717, 1.165) is 48.8 Å². The number of benzene rings is 1. The van der Waals surface area contributed by atoms with E-state index in [2.05, 4.69) is 20.2 Å². The molecule has 1 fully saturated rings. The molecule has 1 aliphatic heterocycles. The fourth-order valence-corrected chi connectivity index (χ4v) is 3.25. The molecule has 5 nitrogen and oxygen atoms in total. The van der Waals surface area contributed by atoms with Gasteiger partial charge < -0.3 is 10.2 Å². The molecule has 25 heavy (non-hydrogen) atoms. The van der Waals surface area contributed by atoms with Crippen molar-refractivity contribution in [3.63, 3.8) is 0 Å². The molecule has 0 spiro atoms. The summed E-state index contributed by atoms with van der Waals surface area (Å²) < 4.78 is 0. The predicted molar refractivity (Wildman–Crippen MR) is 99.7 cm³/mol. The SMILES string of the molecule is Cc1cc(C)nc(N2CCC(C(=O)NCc3ccc(Cl)cc3)CC2)n1. The number of carbonyl (C=O) groups is 1. The Morgan fingerprint density at radius 1 is 1.16 bits per heavy atom. The van der Waals surface area contributed by atoms with Crippen molar-refractivity contribution in [2.24, 2.45) is 5.92 Å². The Morgan fingerprint density at radius 2 is 1.76 bits per heavy atom. The molecular weight excluding hydrogens is 336 g/mol. The van der Waals surface area contributed by atoms with E-state index in [1.165, 1.54) is 0 Å². The third-order valence-electron chi connectivity index (χ3n) is 4.50. The summed E-state index contributed by atoms with van der Waals surface area (Å²) in [5.74, 6) is 0.947. The van der Waals surface area contributed by atoms with E-state index in [9.17, 15) is 4.79 Å². The van der Waals surface area contributed by atoms with Gasteiger partial charge in [0.25, 0.3) is 0 Å². The molecule has 2 aromatic rings. The molecule has 1 aliphatic rings. The molecule has 0 aliphatic carbocycles. The van der Waals surface area contributed by atoms with Crippen molar-refractivity contribution in [1.29, 1.82) is 0 Å². The van der Waals surface area contributed by atoms with Crippen LogP contribution in [0.25, 0.3) is 0 Å². The number of amides is 1. The van der Waals surface area contributed by atoms with Gasteiger partial charge in [0.15, 0.2) is 0 Å². The Balaban J connectivity index is 1.51. The molecule has 1 saturated heterocycles. The number of aromatic nitrogens is 2. The van der Waals surface area contributed by atoms with Gasteiger partial charge in [0.1, 0.15) is 0 Å². The van der Waals surface area contributed by atoms with Gasteiger partial charge in [-0.25, -0.2) is 9.97 Å². The van der Waals surface area contributed by atoms with Gasteiger partial charge in [-0.05, 0) is 50.5 Å². The van der Waals surface area contributed by atoms with Gasteiger partial charge in [-0.3, -0.25) is 4.79 Å². The van der Waals surface area contributed by atoms with Crippen LogP contribution in [-0.4, -0.2) is 29.0 Å². The monoisotopic (exact) mass is 358 g/mol. The first kappa shape index (κ1) is 17.7. The molecule has 1 amide bonds. The Bertz CT molecular complexity index is 719. The number of anilines is 1. The lowest BCUT2D eigenvalue weighted by Crippen LogP contribution is -2.41. The highest BCUT2D eigenvalue weighted by Gasteiger charge is 2.26. The second kappa shape index (κ2) is 7.83. The van der Waals surface area contributed by atoms with Crippen LogP contribution in [0.15, 0.2) is 30.3 Å². The van der Waals surface area contributed by atoms with E-state index >= 15 is 0 Å². The highest BCUT2D eigenvalue weighted by atomic mass is 35.5. The minimum atomic E-state index is 0.0504. The van der Waals surface area contributed by atoms with Crippen LogP contribution in [0.3, 0.4) is 0 Å². The van der Waals surface area contributed by atoms with Crippen LogP contribution in [0, 0.1) is 19.8 Å². The van der Waals surface area contributed by atoms with Gasteiger partial charge in [0, 0.05) is 42.0 Å². The van der Waals surface area contributed by atoms with Gasteiger partial charge in [0.05, 0.1) is 0 Å². The molecule has 1 aromatic carbocycles. The van der Waals surface area contributed by atoms with Gasteiger partial charge in [-0.1, -0.05) is 23.7 Å². The first-order valence-corrected chi connectivity index (χ1v) is 8.98. The van der Waals surface area contributed by atoms with Crippen LogP contribution < -0.4 is 10.2 Å². The maximum atomic E-state index is 12.4. The van der Waals surface area contributed by atoms with Crippen molar-refractivity contribution >= 4 is 23.5 Å². The van der Waals surface area contributed by atoms with E-state index in [1.54, 1.807) is 0 Å². The highest BCUT2D eigenvalue weighted by Crippen LogP contribution is 2.21. The number of hydrogen-bond acceptors (Lipinski definition) is 4. The normalized spacial score (nSPS) is 15.2. The molecule has 0 radical (unpaired) electrons. The van der Waals surface area contributed by atoms with Crippen molar-refractivity contribution in [2.45, 2.75) is 33.2 Å². The zero-order chi connectivity index (χ0) is 17.8. The summed E-state index contributed by atoms with van der Waals surface area (Å²) in [6.45, 7) is 6.12. The first-order chi connectivity index (χ1) is 12.0. The molecule has 0 unspecified atom stereocenters. The van der Waals surface area contributed by atoms with Crippen LogP contribution in [0.4, 0.5) is 5.95 Å². The average molecular weight is 359 g/mol. The number of aryl methyl sites for hydroxylation is 2. The fraction of sp³-hybridized carbons (Fsp3) is 0.421. The molecule has 3 rings (SSSR count). The van der Waals surface area contributed by atoms with Crippen LogP contribution in [0.5, 0.6) is 0 Å². The smallest absolute Gasteiger partial charge is 0.225 e. The first-order valence-electron chi connectivity index (χ1n) is 8.60. The molecule has 2 heterocycles. The third kappa shape index (κ3) is 4.69. The molecular formula is C19H23ClN4O. The largest absolute Gasteiger partial charge is 0.352 e. The third-order valence-corrected chi connectivity index (χ3v) is 4.75. The van der Waals surface area contributed by atoms with Crippen LogP contribution in [0.1, 0.15) is 29.8 Å². The lowest BCUT2D eigenvalue weighted by molar-refractivity contribution is -0.125. The van der Waals surface area contributed by atoms with Crippen molar-refractivity contribution in [1.82, 2.24) is 15.3 Å². The van der Waals surface area contributed by atoms with E-state index in [-0.39, 0.29) is 11.8 Å². The lowest BCUT2D eigenvalue weighted by Gasteiger charge is -2.31. The summed E-state index contributed by atoms with van der Waals surface area (Å²) in [6.07, 6.45) is 1.64. The number of halogens is 1. The summed E-state index contributed by atoms with van der Waals surface area (Å²) in [6, 6.07) is 9.52. The van der Waals surface area contributed by atoms with Crippen LogP contribution in [-0.2, 0) is 11.3 Å². The number of nitrogens with zero attached hydrogens (tertiary/aromatic N) is 3. The number of piperidine rings is 1. The number of carbonyl (C=O) groups excluding carboxylic acids is 1. The number of hydrogen-bond donors (Lipinski definition) is 1. The summed E-state index contributed by atoms with van der Waals surface area (Å²) in [5.41, 5.74) is 3.01. The Morgan fingerprint density at radius 3 is 2.36 bits per heavy atom. The molecule has 6 heteroatoms. The molecule has 1 N–H and O–H groups in total. The topological polar surface area (TPSA) is 58.1 Å². The molecule has 132 valence electrons. The Kier molecular flexibility index (Phi) is 5.53. The van der Waals surface area contributed by atoms with E-state index in [0.29, 0.717) is 11.6 Å². The van der Waals surface area contributed by atoms with Crippen molar-refractivity contribution in [2.75, 3.05) is 18.0 Å². The van der Waals surface area contributed by atoms with Gasteiger partial charge in [-0.2, -0.15) is 0 Å². The summed E-state index contributed by atoms with van der Waals surface area (Å²) in [7, 11) is 0. The average Bonchev–Trinajstić information content (AvgIpc) is 2.60. The summed E-state index contributed by atoms with van der Waals surface area (Å²) >= 11 is 5.88. The second-order valence-corrected chi connectivity index (χ2v) is 6.99. The zero-order valence-corrected chi connectivity index (χ0v) is 15.4. The predicted octanol–water partition coefficient (Wildman–Crippen LogP) is 3.28. The molecule has 0 bridgehead atoms. The van der Waals surface area contributed by atoms with E-state index in [4.69, 9.17) is 11.6 Å². The number of rotatable bonds is 4. The van der Waals surface area contributed by atoms with Gasteiger partial charge >= 0.3 is 0 Å². The van der Waals surface area contributed by atoms with Crippen molar-refractivity contribution in [3.8, 4) is 0 Å². The van der Waals surface area contributed by atoms with E-state index in [1.807, 2.05) is 44.2 Å². The van der Waals surface area contributed by atoms with Crippen molar-refractivity contribution < 1.29 is 4.79 Å². The van der Waals surface area contributed by atoms with E-state index < -0.39 is 0 Å². The summed E-state index contributed by atoms with van der Waals surface area (Å²) in [4.78, 5) is 23.6. The maximum Gasteiger partial charge on any atom is 0.225 e. The van der Waals surface area contributed by atoms with Gasteiger partial charge in [-0.15, -0.1) is 0 Å². The quantitative estimate of drug-likeness (QED) is 0.911. The second-order valence-electron chi connectivity index (χ2n) is 6.56. The Hall–Kier alpha value is -2.14. The molecule has 1 aromatic heterocycles. The minimum Gasteiger partial charge on any atom is -0.352 e. The lowest BCUT2D eigenvalue weighted by atomic mass is 9.96. The number of nitrogens with one attached hydrogen (secondary N) is 1. The summed E-state index contributed by atoms with van der Waals surface area (Å²) in [5, 5.41) is 3.73. The molecule has 0 saturated carbocycles. The van der Waals surface area contributed by atoms with Crippen LogP contribution in [0.2, 0.25) is 5.02 Å². The Labute approximate surface area is 153 Å². The molecule has 0 atom stereocenters. The van der Waals surface area contributed by atoms with Gasteiger partial charge in [0.2, 0.25) is 11.9 Å².